The van der Waals surface area contributed by atoms with Gasteiger partial charge in [0.1, 0.15) is 5.75 Å². The molecular weight excluding hydrogens is 290 g/mol. The van der Waals surface area contributed by atoms with Crippen LogP contribution in [0.1, 0.15) is 18.9 Å². The molecule has 5 heteroatoms. The topological polar surface area (TPSA) is 74.2 Å². The molecule has 0 atom stereocenters. The molecule has 2 N–H and O–H groups in total. The van der Waals surface area contributed by atoms with Crippen LogP contribution in [0.4, 0.5) is 11.4 Å². The average molecular weight is 309 g/mol. The van der Waals surface area contributed by atoms with Crippen LogP contribution in [0.3, 0.4) is 0 Å². The van der Waals surface area contributed by atoms with Crippen LogP contribution < -0.4 is 15.4 Å². The van der Waals surface area contributed by atoms with E-state index in [0.29, 0.717) is 25.1 Å². The lowest BCUT2D eigenvalue weighted by atomic mass is 10.2. The zero-order valence-corrected chi connectivity index (χ0v) is 13.0. The monoisotopic (exact) mass is 309 g/mol. The van der Waals surface area contributed by atoms with Gasteiger partial charge in [0.15, 0.2) is 0 Å². The number of nitrogens with zero attached hydrogens (tertiary/aromatic N) is 1. The van der Waals surface area contributed by atoms with E-state index in [4.69, 9.17) is 10.00 Å². The molecule has 0 saturated heterocycles. The summed E-state index contributed by atoms with van der Waals surface area (Å²) in [5, 5.41) is 14.7. The van der Waals surface area contributed by atoms with Gasteiger partial charge in [-0.05, 0) is 55.5 Å². The molecule has 0 saturated carbocycles. The minimum Gasteiger partial charge on any atom is -0.494 e. The molecule has 1 amide bonds. The number of amides is 1. The highest BCUT2D eigenvalue weighted by Gasteiger charge is 2.03. The first-order valence-electron chi connectivity index (χ1n) is 7.48. The Labute approximate surface area is 135 Å². The summed E-state index contributed by atoms with van der Waals surface area (Å²) in [5.41, 5.74) is 2.25. The minimum absolute atomic E-state index is 0.0599. The van der Waals surface area contributed by atoms with Crippen LogP contribution in [-0.2, 0) is 4.79 Å². The van der Waals surface area contributed by atoms with Gasteiger partial charge in [0, 0.05) is 24.3 Å². The van der Waals surface area contributed by atoms with Crippen LogP contribution in [-0.4, -0.2) is 19.1 Å². The summed E-state index contributed by atoms with van der Waals surface area (Å²) in [6, 6.07) is 16.5. The maximum Gasteiger partial charge on any atom is 0.226 e. The summed E-state index contributed by atoms with van der Waals surface area (Å²) < 4.78 is 5.35. The first-order chi connectivity index (χ1) is 11.2. The van der Waals surface area contributed by atoms with Gasteiger partial charge in [0.05, 0.1) is 18.2 Å². The van der Waals surface area contributed by atoms with Crippen LogP contribution in [0.25, 0.3) is 0 Å². The van der Waals surface area contributed by atoms with E-state index in [1.54, 1.807) is 12.1 Å². The zero-order chi connectivity index (χ0) is 16.5. The molecule has 0 aliphatic heterocycles. The van der Waals surface area contributed by atoms with Crippen LogP contribution >= 0.6 is 0 Å². The number of anilines is 2. The molecule has 118 valence electrons. The molecule has 0 unspecified atom stereocenters. The smallest absolute Gasteiger partial charge is 0.226 e. The van der Waals surface area contributed by atoms with Gasteiger partial charge in [-0.2, -0.15) is 5.26 Å². The summed E-state index contributed by atoms with van der Waals surface area (Å²) in [7, 11) is 0. The summed E-state index contributed by atoms with van der Waals surface area (Å²) in [4.78, 5) is 11.9. The number of hydrogen-bond acceptors (Lipinski definition) is 4. The van der Waals surface area contributed by atoms with Gasteiger partial charge < -0.3 is 15.4 Å². The molecule has 0 radical (unpaired) electrons. The lowest BCUT2D eigenvalue weighted by molar-refractivity contribution is -0.115. The fraction of sp³-hybridized carbons (Fsp3) is 0.222. The Morgan fingerprint density at radius 1 is 1.09 bits per heavy atom. The first-order valence-corrected chi connectivity index (χ1v) is 7.48. The third-order valence-corrected chi connectivity index (χ3v) is 3.14. The van der Waals surface area contributed by atoms with E-state index in [-0.39, 0.29) is 5.91 Å². The molecule has 0 aliphatic carbocycles. The van der Waals surface area contributed by atoms with Gasteiger partial charge in [-0.3, -0.25) is 4.79 Å². The standard InChI is InChI=1S/C18H19N3O2/c1-2-23-17-9-7-16(8-10-17)21-18(22)11-12-20-15-5-3-14(13-19)4-6-15/h3-10,20H,2,11-12H2,1H3,(H,21,22). The lowest BCUT2D eigenvalue weighted by Gasteiger charge is -2.08. The van der Waals surface area contributed by atoms with Gasteiger partial charge in [-0.15, -0.1) is 0 Å². The van der Waals surface area contributed by atoms with Crippen molar-refractivity contribution in [1.29, 1.82) is 5.26 Å². The van der Waals surface area contributed by atoms with Crippen molar-refractivity contribution in [2.24, 2.45) is 0 Å². The van der Waals surface area contributed by atoms with Crippen molar-refractivity contribution in [3.05, 3.63) is 54.1 Å². The predicted molar refractivity (Wildman–Crippen MR) is 90.5 cm³/mol. The number of benzene rings is 2. The van der Waals surface area contributed by atoms with Gasteiger partial charge in [0.2, 0.25) is 5.91 Å². The van der Waals surface area contributed by atoms with Gasteiger partial charge >= 0.3 is 0 Å². The maximum absolute atomic E-state index is 11.9. The van der Waals surface area contributed by atoms with E-state index in [9.17, 15) is 4.79 Å². The number of carbonyl (C=O) groups is 1. The van der Waals surface area contributed by atoms with Crippen molar-refractivity contribution >= 4 is 17.3 Å². The second kappa shape index (κ2) is 8.44. The van der Waals surface area contributed by atoms with E-state index in [1.165, 1.54) is 0 Å². The van der Waals surface area contributed by atoms with E-state index >= 15 is 0 Å². The number of nitriles is 1. The molecule has 0 fully saturated rings. The van der Waals surface area contributed by atoms with Crippen molar-refractivity contribution in [2.45, 2.75) is 13.3 Å². The molecule has 2 rings (SSSR count). The molecule has 2 aromatic rings. The summed E-state index contributed by atoms with van der Waals surface area (Å²) in [6.07, 6.45) is 0.354. The van der Waals surface area contributed by atoms with Crippen molar-refractivity contribution in [3.63, 3.8) is 0 Å². The molecule has 0 heterocycles. The number of carbonyl (C=O) groups excluding carboxylic acids is 1. The zero-order valence-electron chi connectivity index (χ0n) is 13.0. The molecule has 0 spiro atoms. The van der Waals surface area contributed by atoms with Crippen LogP contribution in [0.5, 0.6) is 5.75 Å². The van der Waals surface area contributed by atoms with E-state index in [0.717, 1.165) is 17.1 Å². The summed E-state index contributed by atoms with van der Waals surface area (Å²) in [6.45, 7) is 3.07. The molecule has 2 aromatic carbocycles. The Bertz CT molecular complexity index is 673. The van der Waals surface area contributed by atoms with E-state index in [1.807, 2.05) is 43.3 Å². The number of nitrogens with one attached hydrogen (secondary N) is 2. The Kier molecular flexibility index (Phi) is 6.01. The third kappa shape index (κ3) is 5.36. The van der Waals surface area contributed by atoms with Crippen molar-refractivity contribution in [1.82, 2.24) is 0 Å². The molecule has 23 heavy (non-hydrogen) atoms. The number of hydrogen-bond donors (Lipinski definition) is 2. The quantitative estimate of drug-likeness (QED) is 0.822. The lowest BCUT2D eigenvalue weighted by Crippen LogP contribution is -2.16. The highest BCUT2D eigenvalue weighted by molar-refractivity contribution is 5.91. The number of rotatable bonds is 7. The Hall–Kier alpha value is -3.00. The molecule has 0 aromatic heterocycles. The largest absolute Gasteiger partial charge is 0.494 e. The third-order valence-electron chi connectivity index (χ3n) is 3.14. The predicted octanol–water partition coefficient (Wildman–Crippen LogP) is 3.40. The summed E-state index contributed by atoms with van der Waals surface area (Å²) in [5.74, 6) is 0.725. The fourth-order valence-corrected chi connectivity index (χ4v) is 2.01. The van der Waals surface area contributed by atoms with Crippen LogP contribution in [0.15, 0.2) is 48.5 Å². The van der Waals surface area contributed by atoms with Crippen LogP contribution in [0, 0.1) is 11.3 Å². The molecule has 0 aliphatic rings. The average Bonchev–Trinajstić information content (AvgIpc) is 2.57. The van der Waals surface area contributed by atoms with E-state index in [2.05, 4.69) is 16.7 Å². The first kappa shape index (κ1) is 16.4. The normalized spacial score (nSPS) is 9.74. The van der Waals surface area contributed by atoms with Crippen molar-refractivity contribution in [2.75, 3.05) is 23.8 Å². The van der Waals surface area contributed by atoms with Crippen molar-refractivity contribution in [3.8, 4) is 11.8 Å². The number of ether oxygens (including phenoxy) is 1. The van der Waals surface area contributed by atoms with E-state index < -0.39 is 0 Å². The fourth-order valence-electron chi connectivity index (χ4n) is 2.01. The van der Waals surface area contributed by atoms with Crippen molar-refractivity contribution < 1.29 is 9.53 Å². The highest BCUT2D eigenvalue weighted by Crippen LogP contribution is 2.15. The summed E-state index contributed by atoms with van der Waals surface area (Å²) >= 11 is 0. The van der Waals surface area contributed by atoms with Gasteiger partial charge in [-0.25, -0.2) is 0 Å². The highest BCUT2D eigenvalue weighted by atomic mass is 16.5. The van der Waals surface area contributed by atoms with Gasteiger partial charge in [0.25, 0.3) is 0 Å². The molecule has 0 bridgehead atoms. The van der Waals surface area contributed by atoms with Gasteiger partial charge in [-0.1, -0.05) is 0 Å². The van der Waals surface area contributed by atoms with Crippen LogP contribution in [0.2, 0.25) is 0 Å². The maximum atomic E-state index is 11.9. The SMILES string of the molecule is CCOc1ccc(NC(=O)CCNc2ccc(C#N)cc2)cc1. The Morgan fingerprint density at radius 2 is 1.74 bits per heavy atom. The Morgan fingerprint density at radius 3 is 2.35 bits per heavy atom. The minimum atomic E-state index is -0.0599. The molecular formula is C18H19N3O2. The molecule has 5 nitrogen and oxygen atoms in total. The second-order valence-electron chi connectivity index (χ2n) is 4.87. The second-order valence-corrected chi connectivity index (χ2v) is 4.87. The Balaban J connectivity index is 1.75.